The summed E-state index contributed by atoms with van der Waals surface area (Å²) in [6.07, 6.45) is 1.53. The summed E-state index contributed by atoms with van der Waals surface area (Å²) < 4.78 is 26.7. The van der Waals surface area contributed by atoms with Crippen molar-refractivity contribution in [2.24, 2.45) is 0 Å². The molecule has 0 aliphatic heterocycles. The van der Waals surface area contributed by atoms with Gasteiger partial charge in [-0.25, -0.2) is 8.78 Å². The first-order chi connectivity index (χ1) is 10.2. The van der Waals surface area contributed by atoms with E-state index in [0.29, 0.717) is 12.5 Å². The van der Waals surface area contributed by atoms with Crippen molar-refractivity contribution in [2.75, 3.05) is 20.6 Å². The van der Waals surface area contributed by atoms with Crippen molar-refractivity contribution in [1.29, 1.82) is 0 Å². The number of halogens is 2. The van der Waals surface area contributed by atoms with Gasteiger partial charge in [0.25, 0.3) is 0 Å². The van der Waals surface area contributed by atoms with Gasteiger partial charge in [0.15, 0.2) is 0 Å². The molecule has 2 N–H and O–H groups in total. The van der Waals surface area contributed by atoms with Gasteiger partial charge in [0.2, 0.25) is 5.91 Å². The van der Waals surface area contributed by atoms with Crippen LogP contribution in [-0.2, 0) is 10.4 Å². The minimum absolute atomic E-state index is 0.0499. The molecule has 1 aromatic carbocycles. The lowest BCUT2D eigenvalue weighted by molar-refractivity contribution is -0.127. The maximum Gasteiger partial charge on any atom is 0.237 e. The molecule has 1 amide bonds. The standard InChI is InChI=1S/C16H24F2N2O2/c1-5-6-14(20(3)4)15(21)19-10-16(2,22)12-8-7-11(17)9-13(12)18/h7-9,14,22H,5-6,10H2,1-4H3,(H,19,21). The highest BCUT2D eigenvalue weighted by atomic mass is 19.1. The van der Waals surface area contributed by atoms with Crippen LogP contribution in [0.5, 0.6) is 0 Å². The third kappa shape index (κ3) is 4.74. The summed E-state index contributed by atoms with van der Waals surface area (Å²) in [6, 6.07) is 2.67. The third-order valence-corrected chi connectivity index (χ3v) is 3.61. The summed E-state index contributed by atoms with van der Waals surface area (Å²) in [7, 11) is 3.61. The van der Waals surface area contributed by atoms with Gasteiger partial charge >= 0.3 is 0 Å². The number of nitrogens with one attached hydrogen (secondary N) is 1. The molecule has 0 aliphatic carbocycles. The van der Waals surface area contributed by atoms with Crippen molar-refractivity contribution < 1.29 is 18.7 Å². The molecule has 0 aliphatic rings. The van der Waals surface area contributed by atoms with Gasteiger partial charge in [0, 0.05) is 11.6 Å². The van der Waals surface area contributed by atoms with E-state index >= 15 is 0 Å². The predicted octanol–water partition coefficient (Wildman–Crippen LogP) is 2.02. The first-order valence-corrected chi connectivity index (χ1v) is 7.31. The molecule has 1 aromatic rings. The smallest absolute Gasteiger partial charge is 0.237 e. The Morgan fingerprint density at radius 3 is 2.55 bits per heavy atom. The van der Waals surface area contributed by atoms with E-state index in [1.807, 2.05) is 6.92 Å². The van der Waals surface area contributed by atoms with Crippen LogP contribution in [0.15, 0.2) is 18.2 Å². The summed E-state index contributed by atoms with van der Waals surface area (Å²) >= 11 is 0. The van der Waals surface area contributed by atoms with E-state index in [-0.39, 0.29) is 24.1 Å². The zero-order valence-electron chi connectivity index (χ0n) is 13.5. The summed E-state index contributed by atoms with van der Waals surface area (Å²) in [5.41, 5.74) is -1.66. The van der Waals surface area contributed by atoms with E-state index in [0.717, 1.165) is 12.5 Å². The average molecular weight is 314 g/mol. The SMILES string of the molecule is CCCC(C(=O)NCC(C)(O)c1ccc(F)cc1F)N(C)C. The Hall–Kier alpha value is -1.53. The zero-order valence-corrected chi connectivity index (χ0v) is 13.5. The Balaban J connectivity index is 2.78. The third-order valence-electron chi connectivity index (χ3n) is 3.61. The van der Waals surface area contributed by atoms with Crippen LogP contribution in [0.1, 0.15) is 32.3 Å². The molecule has 0 saturated heterocycles. The second-order valence-corrected chi connectivity index (χ2v) is 5.88. The van der Waals surface area contributed by atoms with Gasteiger partial charge in [-0.1, -0.05) is 19.4 Å². The van der Waals surface area contributed by atoms with Gasteiger partial charge in [-0.05, 0) is 33.5 Å². The number of aliphatic hydroxyl groups is 1. The molecule has 2 atom stereocenters. The van der Waals surface area contributed by atoms with Crippen molar-refractivity contribution >= 4 is 5.91 Å². The molecule has 0 fully saturated rings. The number of carbonyl (C=O) groups excluding carboxylic acids is 1. The molecule has 2 unspecified atom stereocenters. The largest absolute Gasteiger partial charge is 0.383 e. The summed E-state index contributed by atoms with van der Waals surface area (Å²) in [5.74, 6) is -1.77. The number of likely N-dealkylation sites (N-methyl/N-ethyl adjacent to an activating group) is 1. The Morgan fingerprint density at radius 1 is 1.41 bits per heavy atom. The zero-order chi connectivity index (χ0) is 16.9. The van der Waals surface area contributed by atoms with Crippen LogP contribution < -0.4 is 5.32 Å². The van der Waals surface area contributed by atoms with Gasteiger partial charge in [-0.3, -0.25) is 9.69 Å². The van der Waals surface area contributed by atoms with Crippen LogP contribution in [-0.4, -0.2) is 42.6 Å². The molecule has 1 rings (SSSR count). The first-order valence-electron chi connectivity index (χ1n) is 7.31. The molecular weight excluding hydrogens is 290 g/mol. The van der Waals surface area contributed by atoms with E-state index in [9.17, 15) is 18.7 Å². The van der Waals surface area contributed by atoms with Gasteiger partial charge in [-0.15, -0.1) is 0 Å². The van der Waals surface area contributed by atoms with Crippen LogP contribution in [0.4, 0.5) is 8.78 Å². The minimum Gasteiger partial charge on any atom is -0.383 e. The van der Waals surface area contributed by atoms with Crippen LogP contribution in [0, 0.1) is 11.6 Å². The normalized spacial score (nSPS) is 15.5. The molecule has 0 heterocycles. The summed E-state index contributed by atoms with van der Waals surface area (Å²) in [6.45, 7) is 3.21. The second-order valence-electron chi connectivity index (χ2n) is 5.88. The summed E-state index contributed by atoms with van der Waals surface area (Å²) in [4.78, 5) is 14.0. The Bertz CT molecular complexity index is 519. The van der Waals surface area contributed by atoms with E-state index in [2.05, 4.69) is 5.32 Å². The molecule has 0 aromatic heterocycles. The molecule has 4 nitrogen and oxygen atoms in total. The molecule has 0 bridgehead atoms. The number of amides is 1. The van der Waals surface area contributed by atoms with E-state index in [4.69, 9.17) is 0 Å². The number of hydrogen-bond donors (Lipinski definition) is 2. The maximum absolute atomic E-state index is 13.8. The Labute approximate surface area is 130 Å². The number of nitrogens with zero attached hydrogens (tertiary/aromatic N) is 1. The van der Waals surface area contributed by atoms with Crippen molar-refractivity contribution in [3.8, 4) is 0 Å². The summed E-state index contributed by atoms with van der Waals surface area (Å²) in [5, 5.41) is 13.0. The van der Waals surface area contributed by atoms with Crippen LogP contribution in [0.3, 0.4) is 0 Å². The van der Waals surface area contributed by atoms with Gasteiger partial charge in [0.1, 0.15) is 17.2 Å². The van der Waals surface area contributed by atoms with Crippen molar-refractivity contribution in [3.63, 3.8) is 0 Å². The molecule has 0 spiro atoms. The fourth-order valence-electron chi connectivity index (χ4n) is 2.30. The second kappa shape index (κ2) is 7.65. The molecular formula is C16H24F2N2O2. The van der Waals surface area contributed by atoms with Gasteiger partial charge in [-0.2, -0.15) is 0 Å². The first kappa shape index (κ1) is 18.5. The number of rotatable bonds is 7. The lowest BCUT2D eigenvalue weighted by Crippen LogP contribution is -2.47. The molecule has 22 heavy (non-hydrogen) atoms. The van der Waals surface area contributed by atoms with Crippen molar-refractivity contribution in [3.05, 3.63) is 35.4 Å². The van der Waals surface area contributed by atoms with Gasteiger partial charge in [0.05, 0.1) is 12.6 Å². The monoisotopic (exact) mass is 314 g/mol. The molecule has 6 heteroatoms. The number of hydrogen-bond acceptors (Lipinski definition) is 3. The maximum atomic E-state index is 13.8. The molecule has 0 saturated carbocycles. The fraction of sp³-hybridized carbons (Fsp3) is 0.562. The molecule has 0 radical (unpaired) electrons. The van der Waals surface area contributed by atoms with E-state index in [1.54, 1.807) is 19.0 Å². The fourth-order valence-corrected chi connectivity index (χ4v) is 2.30. The Morgan fingerprint density at radius 2 is 2.05 bits per heavy atom. The minimum atomic E-state index is -1.61. The average Bonchev–Trinajstić information content (AvgIpc) is 2.41. The van der Waals surface area contributed by atoms with Gasteiger partial charge < -0.3 is 10.4 Å². The van der Waals surface area contributed by atoms with Crippen molar-refractivity contribution in [1.82, 2.24) is 10.2 Å². The van der Waals surface area contributed by atoms with Crippen LogP contribution >= 0.6 is 0 Å². The lowest BCUT2D eigenvalue weighted by Gasteiger charge is -2.28. The highest BCUT2D eigenvalue weighted by molar-refractivity contribution is 5.81. The predicted molar refractivity (Wildman–Crippen MR) is 81.3 cm³/mol. The Kier molecular flexibility index (Phi) is 6.44. The van der Waals surface area contributed by atoms with Crippen LogP contribution in [0.2, 0.25) is 0 Å². The highest BCUT2D eigenvalue weighted by Gasteiger charge is 2.29. The number of benzene rings is 1. The quantitative estimate of drug-likeness (QED) is 0.809. The lowest BCUT2D eigenvalue weighted by atomic mass is 9.95. The van der Waals surface area contributed by atoms with E-state index in [1.165, 1.54) is 13.0 Å². The van der Waals surface area contributed by atoms with E-state index < -0.39 is 17.2 Å². The van der Waals surface area contributed by atoms with Crippen LogP contribution in [0.25, 0.3) is 0 Å². The molecule has 124 valence electrons. The number of carbonyl (C=O) groups is 1. The highest BCUT2D eigenvalue weighted by Crippen LogP contribution is 2.23. The topological polar surface area (TPSA) is 52.6 Å². The van der Waals surface area contributed by atoms with Crippen molar-refractivity contribution in [2.45, 2.75) is 38.3 Å².